The van der Waals surface area contributed by atoms with Gasteiger partial charge in [0.2, 0.25) is 0 Å². The Morgan fingerprint density at radius 2 is 1.59 bits per heavy atom. The van der Waals surface area contributed by atoms with Crippen LogP contribution in [0.1, 0.15) is 16.8 Å². The van der Waals surface area contributed by atoms with Gasteiger partial charge in [-0.25, -0.2) is 4.79 Å². The summed E-state index contributed by atoms with van der Waals surface area (Å²) < 4.78 is 34.1. The normalized spacial score (nSPS) is 10.9. The summed E-state index contributed by atoms with van der Waals surface area (Å²) in [5, 5.41) is 8.62. The lowest BCUT2D eigenvalue weighted by Crippen LogP contribution is -2.65. The van der Waals surface area contributed by atoms with E-state index in [4.69, 9.17) is 22.6 Å². The summed E-state index contributed by atoms with van der Waals surface area (Å²) in [5.74, 6) is -1.30. The SMILES string of the molecule is O.O.O=S(=O)([O-])[O-].[NH3+]c1ccccc1C(=O)C[C@H]([NH3+])C(=O)O. The number of Topliss-reactive ketones (excluding diaryl/α,β-unsaturated/α-hetero) is 1. The fraction of sp³-hybridized carbons (Fsp3) is 0.200. The molecule has 0 aliphatic rings. The zero-order valence-corrected chi connectivity index (χ0v) is 12.1. The molecular weight excluding hydrogens is 324 g/mol. The number of aliphatic carboxylic acids is 1. The molecule has 0 aliphatic heterocycles. The molecule has 22 heavy (non-hydrogen) atoms. The zero-order valence-electron chi connectivity index (χ0n) is 11.3. The summed E-state index contributed by atoms with van der Waals surface area (Å²) in [6.45, 7) is 0. The summed E-state index contributed by atoms with van der Waals surface area (Å²) in [5.41, 5.74) is 8.17. The van der Waals surface area contributed by atoms with Gasteiger partial charge in [0, 0.05) is 10.4 Å². The van der Waals surface area contributed by atoms with Gasteiger partial charge in [-0.05, 0) is 12.1 Å². The van der Waals surface area contributed by atoms with E-state index in [1.54, 1.807) is 24.3 Å². The molecule has 1 aromatic rings. The third kappa shape index (κ3) is 11.9. The van der Waals surface area contributed by atoms with Crippen LogP contribution in [0.4, 0.5) is 5.69 Å². The van der Waals surface area contributed by atoms with Gasteiger partial charge in [0.25, 0.3) is 0 Å². The van der Waals surface area contributed by atoms with Crippen molar-refractivity contribution >= 4 is 27.8 Å². The maximum absolute atomic E-state index is 11.6. The van der Waals surface area contributed by atoms with E-state index in [0.29, 0.717) is 11.3 Å². The van der Waals surface area contributed by atoms with Crippen molar-refractivity contribution in [1.29, 1.82) is 0 Å². The van der Waals surface area contributed by atoms with E-state index in [9.17, 15) is 9.59 Å². The highest BCUT2D eigenvalue weighted by atomic mass is 32.3. The maximum atomic E-state index is 11.6. The molecule has 0 bridgehead atoms. The van der Waals surface area contributed by atoms with Crippen LogP contribution in [0.2, 0.25) is 0 Å². The Morgan fingerprint density at radius 1 is 1.18 bits per heavy atom. The monoisotopic (exact) mass is 342 g/mol. The predicted octanol–water partition coefficient (Wildman–Crippen LogP) is -4.16. The summed E-state index contributed by atoms with van der Waals surface area (Å²) in [7, 11) is -5.17. The van der Waals surface area contributed by atoms with Crippen LogP contribution in [-0.2, 0) is 15.2 Å². The highest BCUT2D eigenvalue weighted by Gasteiger charge is 2.22. The van der Waals surface area contributed by atoms with Gasteiger partial charge in [0.1, 0.15) is 5.69 Å². The van der Waals surface area contributed by atoms with E-state index >= 15 is 0 Å². The number of carboxylic acid groups (broad SMARTS) is 1. The first kappa shape index (κ1) is 25.0. The highest BCUT2D eigenvalue weighted by Crippen LogP contribution is 2.11. The van der Waals surface area contributed by atoms with E-state index in [2.05, 4.69) is 11.5 Å². The van der Waals surface area contributed by atoms with Crippen LogP contribution in [-0.4, -0.2) is 51.4 Å². The largest absolute Gasteiger partial charge is 0.759 e. The van der Waals surface area contributed by atoms with Crippen LogP contribution in [0, 0.1) is 0 Å². The number of hydrogen-bond donors (Lipinski definition) is 3. The standard InChI is InChI=1S/C10H12N2O3.H2O4S.2H2O/c11-7-4-2-1-3-6(7)9(13)5-8(12)10(14)15;1-5(2,3)4;;/h1-4,8H,5,11-12H2,(H,14,15);(H2,1,2,3,4);2*1H2/t8-;;;/m0.../s1. The highest BCUT2D eigenvalue weighted by molar-refractivity contribution is 7.79. The number of carboxylic acids is 1. The average molecular weight is 342 g/mol. The maximum Gasteiger partial charge on any atom is 0.362 e. The van der Waals surface area contributed by atoms with Gasteiger partial charge >= 0.3 is 5.97 Å². The van der Waals surface area contributed by atoms with E-state index in [1.165, 1.54) is 0 Å². The lowest BCUT2D eigenvalue weighted by molar-refractivity contribution is -0.405. The molecule has 0 spiro atoms. The van der Waals surface area contributed by atoms with E-state index in [0.717, 1.165) is 0 Å². The van der Waals surface area contributed by atoms with Crippen LogP contribution in [0.15, 0.2) is 24.3 Å². The third-order valence-electron chi connectivity index (χ3n) is 2.10. The van der Waals surface area contributed by atoms with Crippen molar-refractivity contribution in [2.24, 2.45) is 0 Å². The molecular formula is C10H18N2O9S. The van der Waals surface area contributed by atoms with Gasteiger partial charge in [-0.3, -0.25) is 13.2 Å². The first-order valence-corrected chi connectivity index (χ1v) is 6.52. The number of carbonyl (C=O) groups excluding carboxylic acids is 1. The van der Waals surface area contributed by atoms with Gasteiger partial charge in [0.15, 0.2) is 11.8 Å². The van der Waals surface area contributed by atoms with Crippen LogP contribution < -0.4 is 11.5 Å². The summed E-state index contributed by atoms with van der Waals surface area (Å²) in [4.78, 5) is 22.2. The zero-order chi connectivity index (χ0) is 15.9. The number of benzene rings is 1. The Labute approximate surface area is 125 Å². The molecule has 0 saturated carbocycles. The van der Waals surface area contributed by atoms with Gasteiger partial charge < -0.3 is 36.6 Å². The molecule has 11 nitrogen and oxygen atoms in total. The number of rotatable bonds is 4. The molecule has 128 valence electrons. The fourth-order valence-electron chi connectivity index (χ4n) is 1.21. The van der Waals surface area contributed by atoms with E-state index in [-0.39, 0.29) is 23.2 Å². The summed E-state index contributed by atoms with van der Waals surface area (Å²) in [6.07, 6.45) is -0.0954. The fourth-order valence-corrected chi connectivity index (χ4v) is 1.21. The summed E-state index contributed by atoms with van der Waals surface area (Å²) in [6, 6.07) is 5.95. The number of ketones is 1. The lowest BCUT2D eigenvalue weighted by Gasteiger charge is -2.06. The molecule has 0 saturated heterocycles. The van der Waals surface area contributed by atoms with E-state index < -0.39 is 22.4 Å². The molecule has 1 rings (SSSR count). The molecule has 0 unspecified atom stereocenters. The van der Waals surface area contributed by atoms with Crippen LogP contribution >= 0.6 is 0 Å². The van der Waals surface area contributed by atoms with Crippen LogP contribution in [0.3, 0.4) is 0 Å². The second-order valence-corrected chi connectivity index (χ2v) is 4.54. The van der Waals surface area contributed by atoms with Gasteiger partial charge in [0.05, 0.1) is 12.0 Å². The third-order valence-corrected chi connectivity index (χ3v) is 2.10. The minimum atomic E-state index is -5.17. The molecule has 1 atom stereocenters. The Kier molecular flexibility index (Phi) is 12.2. The minimum absolute atomic E-state index is 0. The van der Waals surface area contributed by atoms with Crippen molar-refractivity contribution in [2.45, 2.75) is 12.5 Å². The van der Waals surface area contributed by atoms with Gasteiger partial charge in [-0.2, -0.15) is 0 Å². The van der Waals surface area contributed by atoms with Crippen LogP contribution in [0.5, 0.6) is 0 Å². The molecule has 0 aromatic heterocycles. The molecule has 0 fully saturated rings. The minimum Gasteiger partial charge on any atom is -0.759 e. The molecule has 12 heteroatoms. The molecule has 1 aromatic carbocycles. The second-order valence-electron chi connectivity index (χ2n) is 3.73. The second kappa shape index (κ2) is 10.7. The number of quaternary nitrogens is 2. The van der Waals surface area contributed by atoms with Crippen molar-refractivity contribution in [3.8, 4) is 0 Å². The molecule has 0 heterocycles. The first-order valence-electron chi connectivity index (χ1n) is 5.19. The predicted molar refractivity (Wildman–Crippen MR) is 70.0 cm³/mol. The van der Waals surface area contributed by atoms with Crippen molar-refractivity contribution in [3.05, 3.63) is 29.8 Å². The van der Waals surface area contributed by atoms with Gasteiger partial charge in [-0.15, -0.1) is 0 Å². The Hall–Kier alpha value is -1.93. The van der Waals surface area contributed by atoms with Crippen molar-refractivity contribution in [2.75, 3.05) is 0 Å². The molecule has 0 radical (unpaired) electrons. The average Bonchev–Trinajstić information content (AvgIpc) is 2.26. The molecule has 11 N–H and O–H groups in total. The van der Waals surface area contributed by atoms with Crippen molar-refractivity contribution in [3.63, 3.8) is 0 Å². The van der Waals surface area contributed by atoms with Crippen LogP contribution in [0.25, 0.3) is 0 Å². The number of carbonyl (C=O) groups is 2. The lowest BCUT2D eigenvalue weighted by atomic mass is 10.0. The quantitative estimate of drug-likeness (QED) is 0.276. The topological polar surface area (TPSA) is 253 Å². The smallest absolute Gasteiger partial charge is 0.362 e. The van der Waals surface area contributed by atoms with Crippen molar-refractivity contribution in [1.82, 2.24) is 0 Å². The van der Waals surface area contributed by atoms with E-state index in [1.807, 2.05) is 0 Å². The Balaban J connectivity index is -0.000000452. The van der Waals surface area contributed by atoms with Gasteiger partial charge in [-0.1, -0.05) is 12.1 Å². The Bertz CT molecular complexity index is 580. The first-order chi connectivity index (χ1) is 9.02. The van der Waals surface area contributed by atoms with Crippen molar-refractivity contribution < 1.29 is 54.6 Å². The summed E-state index contributed by atoms with van der Waals surface area (Å²) >= 11 is 0. The molecule has 0 amide bonds. The molecule has 0 aliphatic carbocycles. The Morgan fingerprint density at radius 3 is 1.95 bits per heavy atom. The number of hydrogen-bond acceptors (Lipinski definition) is 6.